The Hall–Kier alpha value is -3.12. The first-order valence-corrected chi connectivity index (χ1v) is 9.00. The van der Waals surface area contributed by atoms with Crippen LogP contribution in [0.25, 0.3) is 11.4 Å². The highest BCUT2D eigenvalue weighted by atomic mass is 32.1. The van der Waals surface area contributed by atoms with Crippen LogP contribution in [0.3, 0.4) is 0 Å². The molecule has 4 nitrogen and oxygen atoms in total. The van der Waals surface area contributed by atoms with E-state index in [9.17, 15) is 4.39 Å². The molecule has 0 fully saturated rings. The lowest BCUT2D eigenvalue weighted by atomic mass is 9.99. The highest BCUT2D eigenvalue weighted by Crippen LogP contribution is 2.33. The molecule has 1 atom stereocenters. The molecule has 1 aromatic carbocycles. The zero-order valence-electron chi connectivity index (χ0n) is 13.8. The van der Waals surface area contributed by atoms with Crippen molar-refractivity contribution >= 4 is 28.9 Å². The van der Waals surface area contributed by atoms with Gasteiger partial charge in [-0.15, -0.1) is 11.3 Å². The maximum atomic E-state index is 13.2. The molecule has 2 aliphatic rings. The summed E-state index contributed by atoms with van der Waals surface area (Å²) in [6, 6.07) is 10.1. The van der Waals surface area contributed by atoms with Gasteiger partial charge in [0.05, 0.1) is 10.6 Å². The quantitative estimate of drug-likeness (QED) is 0.721. The van der Waals surface area contributed by atoms with Crippen LogP contribution in [0.1, 0.15) is 10.4 Å². The summed E-state index contributed by atoms with van der Waals surface area (Å²) in [4.78, 5) is 3.29. The Morgan fingerprint density at radius 3 is 2.77 bits per heavy atom. The van der Waals surface area contributed by atoms with Crippen molar-refractivity contribution in [3.8, 4) is 0 Å². The largest absolute Gasteiger partial charge is 0.398 e. The number of allylic oxidation sites excluding steroid dienone is 3. The van der Waals surface area contributed by atoms with Gasteiger partial charge in [-0.05, 0) is 47.4 Å². The van der Waals surface area contributed by atoms with Crippen LogP contribution in [0.4, 0.5) is 4.39 Å². The fourth-order valence-corrected chi connectivity index (χ4v) is 3.78. The number of hydrogen-bond acceptors (Lipinski definition) is 5. The van der Waals surface area contributed by atoms with Crippen LogP contribution in [0.2, 0.25) is 0 Å². The lowest BCUT2D eigenvalue weighted by molar-refractivity contribution is 0.439. The third-order valence-corrected chi connectivity index (χ3v) is 5.27. The summed E-state index contributed by atoms with van der Waals surface area (Å²) >= 11 is 1.68. The molecule has 1 unspecified atom stereocenters. The minimum absolute atomic E-state index is 0.0508. The number of nitrogens with two attached hydrogens (primary N) is 1. The Bertz CT molecular complexity index is 952. The molecule has 1 aromatic heterocycles. The van der Waals surface area contributed by atoms with Gasteiger partial charge in [-0.3, -0.25) is 0 Å². The van der Waals surface area contributed by atoms with Crippen molar-refractivity contribution in [1.29, 1.82) is 5.41 Å². The summed E-state index contributed by atoms with van der Waals surface area (Å²) in [6.45, 7) is 0. The molecule has 4 N–H and O–H groups in total. The van der Waals surface area contributed by atoms with E-state index < -0.39 is 0 Å². The van der Waals surface area contributed by atoms with Crippen LogP contribution in [0.5, 0.6) is 0 Å². The second kappa shape index (κ2) is 6.65. The Morgan fingerprint density at radius 1 is 1.27 bits per heavy atom. The van der Waals surface area contributed by atoms with E-state index in [4.69, 9.17) is 11.1 Å². The molecular formula is C20H17FN4S. The monoisotopic (exact) mass is 364 g/mol. The maximum Gasteiger partial charge on any atom is 0.123 e. The van der Waals surface area contributed by atoms with Gasteiger partial charge in [0, 0.05) is 35.5 Å². The summed E-state index contributed by atoms with van der Waals surface area (Å²) in [5.74, 6) is -0.313. The van der Waals surface area contributed by atoms with Gasteiger partial charge in [-0.2, -0.15) is 0 Å². The number of nitrogens with one attached hydrogen (secondary N) is 2. The standard InChI is InChI=1S/C20H17FN4S/c21-15-6-3-13(4-7-15)20(23)16(10-22)14-5-8-19-24-11-17(25(19)12-14)18-2-1-9-26-18/h1-12,19,22,24H,23H2. The fraction of sp³-hybridized carbons (Fsp3) is 0.0500. The van der Waals surface area contributed by atoms with Gasteiger partial charge in [0.25, 0.3) is 0 Å². The summed E-state index contributed by atoms with van der Waals surface area (Å²) in [6.07, 6.45) is 9.27. The van der Waals surface area contributed by atoms with Crippen LogP contribution in [-0.2, 0) is 0 Å². The molecule has 0 amide bonds. The highest BCUT2D eigenvalue weighted by molar-refractivity contribution is 7.11. The topological polar surface area (TPSA) is 65.1 Å². The van der Waals surface area contributed by atoms with Gasteiger partial charge in [0.2, 0.25) is 0 Å². The van der Waals surface area contributed by atoms with E-state index in [2.05, 4.69) is 16.3 Å². The first-order chi connectivity index (χ1) is 12.7. The Morgan fingerprint density at radius 2 is 2.08 bits per heavy atom. The maximum absolute atomic E-state index is 13.2. The molecule has 0 saturated carbocycles. The van der Waals surface area contributed by atoms with E-state index in [1.165, 1.54) is 18.3 Å². The summed E-state index contributed by atoms with van der Waals surface area (Å²) < 4.78 is 13.2. The number of nitrogens with zero attached hydrogens (tertiary/aromatic N) is 1. The Labute approximate surface area is 155 Å². The normalized spacial score (nSPS) is 19.3. The van der Waals surface area contributed by atoms with E-state index in [0.717, 1.165) is 16.1 Å². The molecule has 0 aliphatic carbocycles. The summed E-state index contributed by atoms with van der Waals surface area (Å²) in [5.41, 5.74) is 9.94. The molecule has 4 rings (SSSR count). The lowest BCUT2D eigenvalue weighted by Crippen LogP contribution is -2.33. The van der Waals surface area contributed by atoms with Crippen molar-refractivity contribution in [3.05, 3.63) is 93.7 Å². The van der Waals surface area contributed by atoms with Crippen LogP contribution in [0.15, 0.2) is 77.5 Å². The molecule has 6 heteroatoms. The SMILES string of the molecule is N=CC(C1=CN2C(c3cccs3)=CNC2C=C1)=C(N)c1ccc(F)cc1. The van der Waals surface area contributed by atoms with Crippen molar-refractivity contribution in [1.82, 2.24) is 10.2 Å². The van der Waals surface area contributed by atoms with Crippen molar-refractivity contribution in [2.45, 2.75) is 6.17 Å². The average Bonchev–Trinajstić information content (AvgIpc) is 3.32. The summed E-state index contributed by atoms with van der Waals surface area (Å²) in [5, 5.41) is 13.2. The molecule has 2 aromatic rings. The van der Waals surface area contributed by atoms with E-state index in [1.54, 1.807) is 23.5 Å². The molecule has 0 radical (unpaired) electrons. The molecule has 0 bridgehead atoms. The number of benzene rings is 1. The van der Waals surface area contributed by atoms with Crippen molar-refractivity contribution in [2.75, 3.05) is 0 Å². The van der Waals surface area contributed by atoms with Gasteiger partial charge in [-0.25, -0.2) is 4.39 Å². The van der Waals surface area contributed by atoms with Gasteiger partial charge in [0.1, 0.15) is 12.0 Å². The van der Waals surface area contributed by atoms with E-state index in [0.29, 0.717) is 16.8 Å². The zero-order chi connectivity index (χ0) is 18.1. The first-order valence-electron chi connectivity index (χ1n) is 8.12. The molecule has 26 heavy (non-hydrogen) atoms. The predicted molar refractivity (Wildman–Crippen MR) is 105 cm³/mol. The van der Waals surface area contributed by atoms with E-state index >= 15 is 0 Å². The lowest BCUT2D eigenvalue weighted by Gasteiger charge is -2.27. The first kappa shape index (κ1) is 16.4. The molecule has 130 valence electrons. The second-order valence-electron chi connectivity index (χ2n) is 5.95. The molecule has 0 saturated heterocycles. The highest BCUT2D eigenvalue weighted by Gasteiger charge is 2.27. The number of fused-ring (bicyclic) bond motifs is 1. The van der Waals surface area contributed by atoms with Gasteiger partial charge < -0.3 is 21.4 Å². The number of thiophene rings is 1. The number of halogens is 1. The van der Waals surface area contributed by atoms with Crippen LogP contribution in [0, 0.1) is 11.2 Å². The average molecular weight is 364 g/mol. The van der Waals surface area contributed by atoms with Gasteiger partial charge in [0.15, 0.2) is 0 Å². The van der Waals surface area contributed by atoms with Crippen LogP contribution < -0.4 is 11.1 Å². The number of hydrogen-bond donors (Lipinski definition) is 3. The Kier molecular flexibility index (Phi) is 4.18. The third-order valence-electron chi connectivity index (χ3n) is 4.38. The van der Waals surface area contributed by atoms with Gasteiger partial charge in [-0.1, -0.05) is 12.1 Å². The molecular weight excluding hydrogens is 347 g/mol. The second-order valence-corrected chi connectivity index (χ2v) is 6.90. The fourth-order valence-electron chi connectivity index (χ4n) is 3.04. The number of rotatable bonds is 4. The smallest absolute Gasteiger partial charge is 0.123 e. The van der Waals surface area contributed by atoms with E-state index in [-0.39, 0.29) is 12.0 Å². The predicted octanol–water partition coefficient (Wildman–Crippen LogP) is 3.89. The minimum atomic E-state index is -0.313. The zero-order valence-corrected chi connectivity index (χ0v) is 14.6. The van der Waals surface area contributed by atoms with E-state index in [1.807, 2.05) is 36.0 Å². The minimum Gasteiger partial charge on any atom is -0.398 e. The van der Waals surface area contributed by atoms with Crippen molar-refractivity contribution in [3.63, 3.8) is 0 Å². The molecule has 0 spiro atoms. The van der Waals surface area contributed by atoms with Crippen LogP contribution >= 0.6 is 11.3 Å². The molecule has 3 heterocycles. The van der Waals surface area contributed by atoms with Crippen molar-refractivity contribution < 1.29 is 4.39 Å². The Balaban J connectivity index is 1.72. The van der Waals surface area contributed by atoms with Gasteiger partial charge >= 0.3 is 0 Å². The molecule has 2 aliphatic heterocycles. The van der Waals surface area contributed by atoms with Crippen LogP contribution in [-0.4, -0.2) is 17.3 Å². The third kappa shape index (κ3) is 2.84. The summed E-state index contributed by atoms with van der Waals surface area (Å²) in [7, 11) is 0. The van der Waals surface area contributed by atoms with Crippen molar-refractivity contribution in [2.24, 2.45) is 5.73 Å².